The van der Waals surface area contributed by atoms with Gasteiger partial charge >= 0.3 is 0 Å². The van der Waals surface area contributed by atoms with Gasteiger partial charge in [0.15, 0.2) is 0 Å². The van der Waals surface area contributed by atoms with Gasteiger partial charge in [0, 0.05) is 17.9 Å². The summed E-state index contributed by atoms with van der Waals surface area (Å²) in [5, 5.41) is 9.87. The van der Waals surface area contributed by atoms with Crippen LogP contribution in [0, 0.1) is 5.92 Å². The molecule has 1 aliphatic carbocycles. The molecule has 1 N–H and O–H groups in total. The van der Waals surface area contributed by atoms with E-state index in [4.69, 9.17) is 4.42 Å². The van der Waals surface area contributed by atoms with Crippen LogP contribution in [-0.2, 0) is 6.42 Å². The number of aliphatic hydroxyl groups excluding tert-OH is 1. The first-order chi connectivity index (χ1) is 7.58. The zero-order valence-electron chi connectivity index (χ0n) is 11.1. The summed E-state index contributed by atoms with van der Waals surface area (Å²) in [4.78, 5) is 0. The van der Waals surface area contributed by atoms with E-state index in [-0.39, 0.29) is 6.10 Å². The summed E-state index contributed by atoms with van der Waals surface area (Å²) in [6.07, 6.45) is 1.52. The van der Waals surface area contributed by atoms with E-state index in [1.807, 2.05) is 19.9 Å². The Morgan fingerprint density at radius 1 is 1.38 bits per heavy atom. The molecule has 0 aromatic carbocycles. The Labute approximate surface area is 98.7 Å². The van der Waals surface area contributed by atoms with Crippen molar-refractivity contribution in [2.45, 2.75) is 59.5 Å². The molecule has 1 aromatic rings. The monoisotopic (exact) mass is 224 g/mol. The molecule has 0 spiro atoms. The number of fused-ring (bicyclic) bond motifs is 1. The number of aliphatic hydroxyl groups is 1. The van der Waals surface area contributed by atoms with E-state index in [1.54, 1.807) is 0 Å². The molecule has 0 radical (unpaired) electrons. The number of hydrogen-bond acceptors (Lipinski definition) is 2. The first kappa shape index (κ1) is 13.3. The predicted octanol–water partition coefficient (Wildman–Crippen LogP) is 4.04. The molecule has 0 saturated heterocycles. The van der Waals surface area contributed by atoms with Crippen LogP contribution < -0.4 is 0 Å². The zero-order chi connectivity index (χ0) is 12.3. The first-order valence-electron chi connectivity index (χ1n) is 6.38. The molecular weight excluding hydrogens is 200 g/mol. The minimum Gasteiger partial charge on any atom is -0.465 e. The Balaban J connectivity index is 0.000000606. The molecule has 0 saturated carbocycles. The lowest BCUT2D eigenvalue weighted by Crippen LogP contribution is -2.14. The third-order valence-corrected chi connectivity index (χ3v) is 2.95. The van der Waals surface area contributed by atoms with Gasteiger partial charge in [-0.3, -0.25) is 0 Å². The molecule has 1 aromatic heterocycles. The topological polar surface area (TPSA) is 33.4 Å². The number of furan rings is 1. The van der Waals surface area contributed by atoms with Crippen molar-refractivity contribution >= 4 is 0 Å². The lowest BCUT2D eigenvalue weighted by molar-refractivity contribution is 0.131. The lowest BCUT2D eigenvalue weighted by Gasteiger charge is -2.21. The van der Waals surface area contributed by atoms with Crippen LogP contribution in [0.5, 0.6) is 0 Å². The van der Waals surface area contributed by atoms with Crippen molar-refractivity contribution in [2.24, 2.45) is 5.92 Å². The SMILES string of the molecule is CC.CC1Cc2oc(C(C)C)cc2C(O)C1. The maximum absolute atomic E-state index is 9.87. The van der Waals surface area contributed by atoms with E-state index in [9.17, 15) is 5.11 Å². The molecule has 16 heavy (non-hydrogen) atoms. The van der Waals surface area contributed by atoms with Crippen LogP contribution in [0.15, 0.2) is 10.5 Å². The summed E-state index contributed by atoms with van der Waals surface area (Å²) in [7, 11) is 0. The van der Waals surface area contributed by atoms with Gasteiger partial charge in [0.1, 0.15) is 11.5 Å². The van der Waals surface area contributed by atoms with Crippen molar-refractivity contribution in [1.29, 1.82) is 0 Å². The van der Waals surface area contributed by atoms with Gasteiger partial charge in [-0.25, -0.2) is 0 Å². The van der Waals surface area contributed by atoms with Crippen LogP contribution >= 0.6 is 0 Å². The highest BCUT2D eigenvalue weighted by atomic mass is 16.3. The normalized spacial score (nSPS) is 23.7. The summed E-state index contributed by atoms with van der Waals surface area (Å²) >= 11 is 0. The Morgan fingerprint density at radius 2 is 2.00 bits per heavy atom. The highest BCUT2D eigenvalue weighted by Gasteiger charge is 2.27. The summed E-state index contributed by atoms with van der Waals surface area (Å²) in [5.74, 6) is 2.94. The van der Waals surface area contributed by atoms with Crippen LogP contribution in [0.2, 0.25) is 0 Å². The second-order valence-electron chi connectivity index (χ2n) is 4.74. The Hall–Kier alpha value is -0.760. The van der Waals surface area contributed by atoms with Crippen molar-refractivity contribution in [3.8, 4) is 0 Å². The maximum Gasteiger partial charge on any atom is 0.110 e. The quantitative estimate of drug-likeness (QED) is 0.780. The average Bonchev–Trinajstić information content (AvgIpc) is 2.64. The summed E-state index contributed by atoms with van der Waals surface area (Å²) in [6.45, 7) is 10.4. The maximum atomic E-state index is 9.87. The van der Waals surface area contributed by atoms with Crippen LogP contribution in [0.3, 0.4) is 0 Å². The molecule has 2 atom stereocenters. The van der Waals surface area contributed by atoms with Gasteiger partial charge in [-0.2, -0.15) is 0 Å². The summed E-state index contributed by atoms with van der Waals surface area (Å²) < 4.78 is 5.75. The van der Waals surface area contributed by atoms with Gasteiger partial charge in [0.05, 0.1) is 6.10 Å². The average molecular weight is 224 g/mol. The van der Waals surface area contributed by atoms with Gasteiger partial charge in [-0.05, 0) is 18.4 Å². The van der Waals surface area contributed by atoms with Crippen LogP contribution in [0.25, 0.3) is 0 Å². The van der Waals surface area contributed by atoms with E-state index < -0.39 is 0 Å². The molecule has 0 amide bonds. The van der Waals surface area contributed by atoms with E-state index in [0.29, 0.717) is 11.8 Å². The fraction of sp³-hybridized carbons (Fsp3) is 0.714. The summed E-state index contributed by atoms with van der Waals surface area (Å²) in [6, 6.07) is 2.02. The fourth-order valence-electron chi connectivity index (χ4n) is 2.10. The van der Waals surface area contributed by atoms with E-state index in [2.05, 4.69) is 20.8 Å². The van der Waals surface area contributed by atoms with Gasteiger partial charge in [-0.15, -0.1) is 0 Å². The fourth-order valence-corrected chi connectivity index (χ4v) is 2.10. The van der Waals surface area contributed by atoms with E-state index >= 15 is 0 Å². The summed E-state index contributed by atoms with van der Waals surface area (Å²) in [5.41, 5.74) is 1.02. The molecule has 2 rings (SSSR count). The molecule has 1 aliphatic rings. The molecule has 2 unspecified atom stereocenters. The molecule has 0 bridgehead atoms. The molecule has 2 nitrogen and oxygen atoms in total. The van der Waals surface area contributed by atoms with Crippen LogP contribution in [0.1, 0.15) is 70.1 Å². The van der Waals surface area contributed by atoms with Gasteiger partial charge in [0.2, 0.25) is 0 Å². The molecule has 0 fully saturated rings. The van der Waals surface area contributed by atoms with Gasteiger partial charge in [-0.1, -0.05) is 34.6 Å². The molecular formula is C14H24O2. The smallest absolute Gasteiger partial charge is 0.110 e. The Morgan fingerprint density at radius 3 is 2.56 bits per heavy atom. The lowest BCUT2D eigenvalue weighted by atomic mass is 9.87. The largest absolute Gasteiger partial charge is 0.465 e. The predicted molar refractivity (Wildman–Crippen MR) is 66.6 cm³/mol. The van der Waals surface area contributed by atoms with Gasteiger partial charge in [0.25, 0.3) is 0 Å². The van der Waals surface area contributed by atoms with E-state index in [0.717, 1.165) is 29.9 Å². The minimum atomic E-state index is -0.315. The Kier molecular flexibility index (Phi) is 4.60. The van der Waals surface area contributed by atoms with E-state index in [1.165, 1.54) is 0 Å². The van der Waals surface area contributed by atoms with Crippen LogP contribution in [-0.4, -0.2) is 5.11 Å². The highest BCUT2D eigenvalue weighted by molar-refractivity contribution is 5.28. The van der Waals surface area contributed by atoms with Crippen molar-refractivity contribution in [2.75, 3.05) is 0 Å². The minimum absolute atomic E-state index is 0.315. The molecule has 0 aliphatic heterocycles. The Bertz CT molecular complexity index is 325. The van der Waals surface area contributed by atoms with Crippen molar-refractivity contribution in [3.05, 3.63) is 23.2 Å². The second-order valence-corrected chi connectivity index (χ2v) is 4.74. The third kappa shape index (κ3) is 2.67. The standard InChI is InChI=1S/C12H18O2.C2H6/c1-7(2)11-6-9-10(13)4-8(3)5-12(9)14-11;1-2/h6-8,10,13H,4-5H2,1-3H3;1-2H3. The van der Waals surface area contributed by atoms with Crippen molar-refractivity contribution in [1.82, 2.24) is 0 Å². The number of rotatable bonds is 1. The highest BCUT2D eigenvalue weighted by Crippen LogP contribution is 2.36. The molecule has 92 valence electrons. The van der Waals surface area contributed by atoms with Crippen LogP contribution in [0.4, 0.5) is 0 Å². The molecule has 2 heteroatoms. The second kappa shape index (κ2) is 5.53. The first-order valence-corrected chi connectivity index (χ1v) is 6.38. The number of hydrogen-bond donors (Lipinski definition) is 1. The molecule has 1 heterocycles. The third-order valence-electron chi connectivity index (χ3n) is 2.95. The van der Waals surface area contributed by atoms with Crippen molar-refractivity contribution < 1.29 is 9.52 Å². The van der Waals surface area contributed by atoms with Gasteiger partial charge < -0.3 is 9.52 Å². The van der Waals surface area contributed by atoms with Crippen molar-refractivity contribution in [3.63, 3.8) is 0 Å². The zero-order valence-corrected chi connectivity index (χ0v) is 11.1.